The second-order valence-electron chi connectivity index (χ2n) is 8.75. The highest BCUT2D eigenvalue weighted by Crippen LogP contribution is 2.40. The van der Waals surface area contributed by atoms with E-state index >= 15 is 0 Å². The molecule has 3 rings (SSSR count). The van der Waals surface area contributed by atoms with Gasteiger partial charge in [0.15, 0.2) is 0 Å². The van der Waals surface area contributed by atoms with Crippen LogP contribution in [0.15, 0.2) is 24.3 Å². The van der Waals surface area contributed by atoms with Gasteiger partial charge in [0.2, 0.25) is 0 Å². The molecule has 0 saturated heterocycles. The molecule has 1 aromatic heterocycles. The van der Waals surface area contributed by atoms with Crippen molar-refractivity contribution in [1.29, 1.82) is 0 Å². The minimum absolute atomic E-state index is 0.0377. The third kappa shape index (κ3) is 4.30. The van der Waals surface area contributed by atoms with Gasteiger partial charge in [0.1, 0.15) is 5.00 Å². The Balaban J connectivity index is 1.84. The van der Waals surface area contributed by atoms with E-state index in [1.807, 2.05) is 24.3 Å². The van der Waals surface area contributed by atoms with Gasteiger partial charge in [-0.3, -0.25) is 9.59 Å². The number of carbonyl (C=O) groups excluding carboxylic acids is 2. The molecule has 0 aliphatic heterocycles. The van der Waals surface area contributed by atoms with Gasteiger partial charge in [-0.15, -0.1) is 11.3 Å². The van der Waals surface area contributed by atoms with Crippen molar-refractivity contribution in [3.63, 3.8) is 0 Å². The van der Waals surface area contributed by atoms with Gasteiger partial charge in [-0.2, -0.15) is 0 Å². The fraction of sp³-hybridized carbons (Fsp3) is 0.478. The molecular formula is C23H30N2O2S. The quantitative estimate of drug-likeness (QED) is 0.717. The number of thiophene rings is 1. The zero-order chi connectivity index (χ0) is 20.5. The molecule has 0 spiro atoms. The topological polar surface area (TPSA) is 72.2 Å². The number of amides is 2. The van der Waals surface area contributed by atoms with E-state index in [0.717, 1.165) is 24.8 Å². The average molecular weight is 399 g/mol. The van der Waals surface area contributed by atoms with Crippen molar-refractivity contribution in [2.75, 3.05) is 5.32 Å². The standard InChI is InChI=1S/C23H30N2O2S/c1-5-6-14-7-12-17-18(13-14)28-22(19(17)20(24)26)25-21(27)15-8-10-16(11-9-15)23(2,3)4/h8-11,14H,5-7,12-13H2,1-4H3,(H2,24,26)(H,25,27)/t14-/m0/s1. The minimum Gasteiger partial charge on any atom is -0.365 e. The Morgan fingerprint density at radius 1 is 1.21 bits per heavy atom. The molecule has 1 heterocycles. The van der Waals surface area contributed by atoms with Crippen molar-refractivity contribution in [2.45, 2.75) is 65.2 Å². The Hall–Kier alpha value is -2.14. The normalized spacial score (nSPS) is 16.5. The van der Waals surface area contributed by atoms with Crippen LogP contribution in [0, 0.1) is 5.92 Å². The first-order valence-electron chi connectivity index (χ1n) is 10.1. The zero-order valence-corrected chi connectivity index (χ0v) is 18.0. The highest BCUT2D eigenvalue weighted by atomic mass is 32.1. The predicted molar refractivity (Wildman–Crippen MR) is 116 cm³/mol. The molecule has 1 aromatic carbocycles. The average Bonchev–Trinajstić information content (AvgIpc) is 2.98. The number of nitrogens with two attached hydrogens (primary N) is 1. The first-order chi connectivity index (χ1) is 13.2. The molecule has 1 aliphatic rings. The lowest BCUT2D eigenvalue weighted by Crippen LogP contribution is -2.20. The molecule has 1 aliphatic carbocycles. The Morgan fingerprint density at radius 3 is 2.46 bits per heavy atom. The van der Waals surface area contributed by atoms with Crippen LogP contribution in [0.2, 0.25) is 0 Å². The zero-order valence-electron chi connectivity index (χ0n) is 17.2. The molecule has 1 atom stereocenters. The molecule has 28 heavy (non-hydrogen) atoms. The van der Waals surface area contributed by atoms with E-state index in [2.05, 4.69) is 33.0 Å². The van der Waals surface area contributed by atoms with E-state index in [4.69, 9.17) is 5.73 Å². The summed E-state index contributed by atoms with van der Waals surface area (Å²) in [6.45, 7) is 8.63. The molecule has 0 unspecified atom stereocenters. The van der Waals surface area contributed by atoms with Gasteiger partial charge < -0.3 is 11.1 Å². The number of primary amides is 1. The Kier molecular flexibility index (Phi) is 5.94. The van der Waals surface area contributed by atoms with E-state index in [9.17, 15) is 9.59 Å². The van der Waals surface area contributed by atoms with Crippen LogP contribution in [0.4, 0.5) is 5.00 Å². The molecule has 2 aromatic rings. The van der Waals surface area contributed by atoms with Crippen LogP contribution in [0.25, 0.3) is 0 Å². The number of anilines is 1. The van der Waals surface area contributed by atoms with Gasteiger partial charge >= 0.3 is 0 Å². The molecule has 2 amide bonds. The van der Waals surface area contributed by atoms with Gasteiger partial charge in [-0.1, -0.05) is 52.7 Å². The number of benzene rings is 1. The fourth-order valence-electron chi connectivity index (χ4n) is 3.95. The molecule has 5 heteroatoms. The Morgan fingerprint density at radius 2 is 1.89 bits per heavy atom. The van der Waals surface area contributed by atoms with E-state index in [0.29, 0.717) is 22.0 Å². The molecule has 0 bridgehead atoms. The van der Waals surface area contributed by atoms with Crippen LogP contribution in [0.1, 0.15) is 83.7 Å². The number of hydrogen-bond acceptors (Lipinski definition) is 3. The second-order valence-corrected chi connectivity index (χ2v) is 9.86. The summed E-state index contributed by atoms with van der Waals surface area (Å²) in [5.74, 6) is 0.00172. The maximum Gasteiger partial charge on any atom is 0.256 e. The van der Waals surface area contributed by atoms with Crippen LogP contribution < -0.4 is 11.1 Å². The molecule has 0 saturated carbocycles. The highest BCUT2D eigenvalue weighted by Gasteiger charge is 2.28. The Labute approximate surface area is 171 Å². The lowest BCUT2D eigenvalue weighted by Gasteiger charge is -2.21. The maximum absolute atomic E-state index is 12.8. The summed E-state index contributed by atoms with van der Waals surface area (Å²) in [4.78, 5) is 26.1. The number of rotatable bonds is 5. The number of fused-ring (bicyclic) bond motifs is 1. The number of hydrogen-bond donors (Lipinski definition) is 2. The van der Waals surface area contributed by atoms with E-state index < -0.39 is 5.91 Å². The lowest BCUT2D eigenvalue weighted by molar-refractivity contribution is 0.1000. The smallest absolute Gasteiger partial charge is 0.256 e. The van der Waals surface area contributed by atoms with E-state index in [1.165, 1.54) is 34.6 Å². The molecule has 150 valence electrons. The van der Waals surface area contributed by atoms with Gasteiger partial charge in [0.25, 0.3) is 11.8 Å². The molecule has 0 fully saturated rings. The molecule has 3 N–H and O–H groups in total. The summed E-state index contributed by atoms with van der Waals surface area (Å²) in [5, 5.41) is 3.55. The summed E-state index contributed by atoms with van der Waals surface area (Å²) >= 11 is 1.52. The van der Waals surface area contributed by atoms with Crippen LogP contribution in [-0.4, -0.2) is 11.8 Å². The first kappa shape index (κ1) is 20.6. The third-order valence-electron chi connectivity index (χ3n) is 5.55. The van der Waals surface area contributed by atoms with Crippen LogP contribution in [0.3, 0.4) is 0 Å². The molecule has 4 nitrogen and oxygen atoms in total. The highest BCUT2D eigenvalue weighted by molar-refractivity contribution is 7.17. The second kappa shape index (κ2) is 8.08. The van der Waals surface area contributed by atoms with Crippen molar-refractivity contribution in [3.8, 4) is 0 Å². The first-order valence-corrected chi connectivity index (χ1v) is 10.9. The van der Waals surface area contributed by atoms with Gasteiger partial charge in [0.05, 0.1) is 5.56 Å². The third-order valence-corrected chi connectivity index (χ3v) is 6.72. The fourth-order valence-corrected chi connectivity index (χ4v) is 5.32. The monoisotopic (exact) mass is 398 g/mol. The molecule has 0 radical (unpaired) electrons. The van der Waals surface area contributed by atoms with E-state index in [-0.39, 0.29) is 11.3 Å². The van der Waals surface area contributed by atoms with Crippen molar-refractivity contribution < 1.29 is 9.59 Å². The summed E-state index contributed by atoms with van der Waals surface area (Å²) < 4.78 is 0. The summed E-state index contributed by atoms with van der Waals surface area (Å²) in [6.07, 6.45) is 5.29. The van der Waals surface area contributed by atoms with Crippen molar-refractivity contribution >= 4 is 28.2 Å². The minimum atomic E-state index is -0.454. The van der Waals surface area contributed by atoms with Crippen LogP contribution in [0.5, 0.6) is 0 Å². The van der Waals surface area contributed by atoms with Crippen LogP contribution in [-0.2, 0) is 18.3 Å². The molecular weight excluding hydrogens is 368 g/mol. The van der Waals surface area contributed by atoms with E-state index in [1.54, 1.807) is 0 Å². The SMILES string of the molecule is CCC[C@H]1CCc2c(sc(NC(=O)c3ccc(C(C)(C)C)cc3)c2C(N)=O)C1. The van der Waals surface area contributed by atoms with Gasteiger partial charge in [-0.05, 0) is 53.9 Å². The van der Waals surface area contributed by atoms with Crippen molar-refractivity contribution in [3.05, 3.63) is 51.4 Å². The number of carbonyl (C=O) groups is 2. The largest absolute Gasteiger partial charge is 0.365 e. The van der Waals surface area contributed by atoms with Crippen molar-refractivity contribution in [1.82, 2.24) is 0 Å². The summed E-state index contributed by atoms with van der Waals surface area (Å²) in [5.41, 5.74) is 9.02. The number of nitrogens with one attached hydrogen (secondary N) is 1. The lowest BCUT2D eigenvalue weighted by atomic mass is 9.84. The summed E-state index contributed by atoms with van der Waals surface area (Å²) in [6, 6.07) is 7.65. The van der Waals surface area contributed by atoms with Gasteiger partial charge in [0, 0.05) is 10.4 Å². The van der Waals surface area contributed by atoms with Crippen molar-refractivity contribution in [2.24, 2.45) is 11.7 Å². The maximum atomic E-state index is 12.8. The Bertz CT molecular complexity index is 875. The van der Waals surface area contributed by atoms with Gasteiger partial charge in [-0.25, -0.2) is 0 Å². The summed E-state index contributed by atoms with van der Waals surface area (Å²) in [7, 11) is 0. The van der Waals surface area contributed by atoms with Crippen LogP contribution >= 0.6 is 11.3 Å². The predicted octanol–water partition coefficient (Wildman–Crippen LogP) is 5.30.